The van der Waals surface area contributed by atoms with Crippen molar-refractivity contribution >= 4 is 5.91 Å². The number of hydrogen-bond donors (Lipinski definition) is 0. The minimum Gasteiger partial charge on any atom is -0.348 e. The van der Waals surface area contributed by atoms with E-state index in [0.29, 0.717) is 0 Å². The van der Waals surface area contributed by atoms with Crippen LogP contribution in [0.4, 0.5) is 0 Å². The summed E-state index contributed by atoms with van der Waals surface area (Å²) in [6, 6.07) is 9.95. The average Bonchev–Trinajstić information content (AvgIpc) is 2.97. The van der Waals surface area contributed by atoms with Crippen LogP contribution in [0.15, 0.2) is 30.3 Å². The van der Waals surface area contributed by atoms with Crippen molar-refractivity contribution in [3.05, 3.63) is 35.9 Å². The van der Waals surface area contributed by atoms with Crippen molar-refractivity contribution in [2.75, 3.05) is 13.1 Å². The first-order chi connectivity index (χ1) is 8.49. The van der Waals surface area contributed by atoms with Gasteiger partial charge in [-0.1, -0.05) is 30.3 Å². The molecule has 0 N–H and O–H groups in total. The Morgan fingerprint density at radius 1 is 1.17 bits per heavy atom. The molecule has 2 atom stereocenters. The van der Waals surface area contributed by atoms with Gasteiger partial charge in [0.05, 0.1) is 0 Å². The van der Waals surface area contributed by atoms with E-state index in [9.17, 15) is 4.79 Å². The van der Waals surface area contributed by atoms with E-state index in [1.54, 1.807) is 0 Å². The average molecular weight is 247 g/mol. The van der Waals surface area contributed by atoms with Crippen molar-refractivity contribution in [3.8, 4) is 0 Å². The first-order valence-corrected chi connectivity index (χ1v) is 6.54. The molecule has 0 unspecified atom stereocenters. The molecule has 0 aliphatic carbocycles. The maximum Gasteiger partial charge on any atom is 0.257 e. The molecule has 0 bridgehead atoms. The van der Waals surface area contributed by atoms with Gasteiger partial charge >= 0.3 is 0 Å². The maximum atomic E-state index is 12.5. The van der Waals surface area contributed by atoms with Crippen LogP contribution in [0.3, 0.4) is 0 Å². The number of epoxide rings is 1. The predicted octanol–water partition coefficient (Wildman–Crippen LogP) is 2.56. The Morgan fingerprint density at radius 2 is 1.72 bits per heavy atom. The second-order valence-corrected chi connectivity index (χ2v) is 5.01. The molecule has 3 heteroatoms. The summed E-state index contributed by atoms with van der Waals surface area (Å²) < 4.78 is 5.83. The largest absolute Gasteiger partial charge is 0.348 e. The zero-order valence-electron chi connectivity index (χ0n) is 11.6. The molecule has 1 fully saturated rings. The molecule has 1 aliphatic rings. The summed E-state index contributed by atoms with van der Waals surface area (Å²) in [5, 5.41) is 0. The Kier molecular flexibility index (Phi) is 3.20. The topological polar surface area (TPSA) is 32.8 Å². The lowest BCUT2D eigenvalue weighted by Gasteiger charge is -2.22. The zero-order valence-corrected chi connectivity index (χ0v) is 11.6. The van der Waals surface area contributed by atoms with Gasteiger partial charge in [0.25, 0.3) is 5.91 Å². The number of nitrogens with zero attached hydrogens (tertiary/aromatic N) is 1. The van der Waals surface area contributed by atoms with Crippen LogP contribution in [-0.4, -0.2) is 29.5 Å². The molecule has 2 rings (SSSR count). The molecule has 18 heavy (non-hydrogen) atoms. The molecule has 1 aliphatic heterocycles. The number of hydrogen-bond acceptors (Lipinski definition) is 2. The van der Waals surface area contributed by atoms with Gasteiger partial charge in [-0.15, -0.1) is 0 Å². The number of amides is 1. The van der Waals surface area contributed by atoms with Crippen LogP contribution in [-0.2, 0) is 15.1 Å². The van der Waals surface area contributed by atoms with E-state index in [2.05, 4.69) is 0 Å². The van der Waals surface area contributed by atoms with Crippen molar-refractivity contribution in [1.29, 1.82) is 0 Å². The molecular formula is C15H21NO2. The van der Waals surface area contributed by atoms with Gasteiger partial charge in [0.1, 0.15) is 5.60 Å². The highest BCUT2D eigenvalue weighted by Gasteiger charge is 2.70. The highest BCUT2D eigenvalue weighted by molar-refractivity contribution is 5.89. The van der Waals surface area contributed by atoms with E-state index in [1.165, 1.54) is 0 Å². The van der Waals surface area contributed by atoms with Crippen molar-refractivity contribution < 1.29 is 9.53 Å². The highest BCUT2D eigenvalue weighted by atomic mass is 16.6. The smallest absolute Gasteiger partial charge is 0.257 e. The van der Waals surface area contributed by atoms with E-state index < -0.39 is 11.2 Å². The molecule has 98 valence electrons. The Labute approximate surface area is 109 Å². The number of carbonyl (C=O) groups excluding carboxylic acids is 1. The summed E-state index contributed by atoms with van der Waals surface area (Å²) >= 11 is 0. The third-order valence-corrected chi connectivity index (χ3v) is 4.06. The fourth-order valence-corrected chi connectivity index (χ4v) is 2.53. The third-order valence-electron chi connectivity index (χ3n) is 4.06. The molecule has 1 saturated heterocycles. The minimum atomic E-state index is -0.722. The fourth-order valence-electron chi connectivity index (χ4n) is 2.53. The number of benzene rings is 1. The van der Waals surface area contributed by atoms with Crippen LogP contribution >= 0.6 is 0 Å². The van der Waals surface area contributed by atoms with Gasteiger partial charge in [-0.25, -0.2) is 0 Å². The van der Waals surface area contributed by atoms with Crippen molar-refractivity contribution in [2.24, 2.45) is 0 Å². The maximum absolute atomic E-state index is 12.5. The van der Waals surface area contributed by atoms with Crippen LogP contribution in [0.5, 0.6) is 0 Å². The standard InChI is InChI=1S/C15H21NO2/c1-5-16(6-2)13(17)15(4)14(3,18-15)12-10-8-7-9-11-12/h7-11H,5-6H2,1-4H3/t14-,15-/m1/s1. The van der Waals surface area contributed by atoms with E-state index in [-0.39, 0.29) is 5.91 Å². The molecule has 0 aromatic heterocycles. The quantitative estimate of drug-likeness (QED) is 0.766. The monoisotopic (exact) mass is 247 g/mol. The summed E-state index contributed by atoms with van der Waals surface area (Å²) in [5.41, 5.74) is -0.151. The van der Waals surface area contributed by atoms with Crippen molar-refractivity contribution in [3.63, 3.8) is 0 Å². The lowest BCUT2D eigenvalue weighted by molar-refractivity contribution is -0.135. The van der Waals surface area contributed by atoms with Crippen LogP contribution in [0, 0.1) is 0 Å². The van der Waals surface area contributed by atoms with Crippen LogP contribution < -0.4 is 0 Å². The van der Waals surface area contributed by atoms with E-state index >= 15 is 0 Å². The lowest BCUT2D eigenvalue weighted by Crippen LogP contribution is -2.42. The molecule has 1 heterocycles. The Morgan fingerprint density at radius 3 is 2.22 bits per heavy atom. The van der Waals surface area contributed by atoms with Crippen LogP contribution in [0.25, 0.3) is 0 Å². The first kappa shape index (κ1) is 13.1. The summed E-state index contributed by atoms with van der Waals surface area (Å²) in [7, 11) is 0. The van der Waals surface area contributed by atoms with Gasteiger partial charge in [0.15, 0.2) is 5.60 Å². The van der Waals surface area contributed by atoms with Crippen molar-refractivity contribution in [1.82, 2.24) is 4.90 Å². The molecule has 1 aromatic carbocycles. The zero-order chi connectivity index (χ0) is 13.4. The Hall–Kier alpha value is -1.35. The van der Waals surface area contributed by atoms with Crippen LogP contribution in [0.2, 0.25) is 0 Å². The SMILES string of the molecule is CCN(CC)C(=O)[C@@]1(C)O[C@]1(C)c1ccccc1. The van der Waals surface area contributed by atoms with Gasteiger partial charge in [0, 0.05) is 13.1 Å². The van der Waals surface area contributed by atoms with Gasteiger partial charge < -0.3 is 9.64 Å². The minimum absolute atomic E-state index is 0.0823. The summed E-state index contributed by atoms with van der Waals surface area (Å²) in [5.74, 6) is 0.0823. The molecule has 0 saturated carbocycles. The molecule has 1 aromatic rings. The normalized spacial score (nSPS) is 30.0. The Balaban J connectivity index is 2.24. The second-order valence-electron chi connectivity index (χ2n) is 5.01. The molecule has 1 amide bonds. The molecule has 0 spiro atoms. The lowest BCUT2D eigenvalue weighted by atomic mass is 9.88. The number of carbonyl (C=O) groups is 1. The van der Waals surface area contributed by atoms with E-state index in [1.807, 2.05) is 62.9 Å². The molecule has 0 radical (unpaired) electrons. The third kappa shape index (κ3) is 1.74. The van der Waals surface area contributed by atoms with Crippen molar-refractivity contribution in [2.45, 2.75) is 38.9 Å². The van der Waals surface area contributed by atoms with E-state index in [0.717, 1.165) is 18.7 Å². The number of ether oxygens (including phenoxy) is 1. The number of rotatable bonds is 4. The summed E-state index contributed by atoms with van der Waals surface area (Å²) in [6.07, 6.45) is 0. The second kappa shape index (κ2) is 4.39. The van der Waals surface area contributed by atoms with Gasteiger partial charge in [-0.3, -0.25) is 4.79 Å². The van der Waals surface area contributed by atoms with Crippen LogP contribution in [0.1, 0.15) is 33.3 Å². The molecule has 3 nitrogen and oxygen atoms in total. The van der Waals surface area contributed by atoms with Gasteiger partial charge in [-0.2, -0.15) is 0 Å². The first-order valence-electron chi connectivity index (χ1n) is 6.54. The number of likely N-dealkylation sites (N-methyl/N-ethyl adjacent to an activating group) is 1. The fraction of sp³-hybridized carbons (Fsp3) is 0.533. The molecular weight excluding hydrogens is 226 g/mol. The van der Waals surface area contributed by atoms with E-state index in [4.69, 9.17) is 4.74 Å². The van der Waals surface area contributed by atoms with Gasteiger partial charge in [0.2, 0.25) is 0 Å². The predicted molar refractivity (Wildman–Crippen MR) is 71.2 cm³/mol. The summed E-state index contributed by atoms with van der Waals surface area (Å²) in [4.78, 5) is 14.3. The van der Waals surface area contributed by atoms with Gasteiger partial charge in [-0.05, 0) is 33.3 Å². The Bertz CT molecular complexity index is 441. The highest BCUT2D eigenvalue weighted by Crippen LogP contribution is 2.56. The summed E-state index contributed by atoms with van der Waals surface area (Å²) in [6.45, 7) is 9.31.